The third-order valence-corrected chi connectivity index (χ3v) is 4.37. The zero-order chi connectivity index (χ0) is 15.4. The summed E-state index contributed by atoms with van der Waals surface area (Å²) in [6, 6.07) is 0.366. The first-order valence-corrected chi connectivity index (χ1v) is 7.75. The summed E-state index contributed by atoms with van der Waals surface area (Å²) in [6.45, 7) is 7.63. The van der Waals surface area contributed by atoms with Gasteiger partial charge in [0, 0.05) is 36.3 Å². The molecule has 116 valence electrons. The topological polar surface area (TPSA) is 42.4 Å². The lowest BCUT2D eigenvalue weighted by molar-refractivity contribution is -0.118. The van der Waals surface area contributed by atoms with Gasteiger partial charge in [0.25, 0.3) is 0 Å². The molecule has 0 radical (unpaired) electrons. The van der Waals surface area contributed by atoms with Crippen molar-refractivity contribution in [1.82, 2.24) is 9.88 Å². The van der Waals surface area contributed by atoms with E-state index in [4.69, 9.17) is 4.74 Å². The number of hydrogen-bond acceptors (Lipinski definition) is 4. The summed E-state index contributed by atoms with van der Waals surface area (Å²) < 4.78 is 5.48. The van der Waals surface area contributed by atoms with Crippen molar-refractivity contribution in [1.29, 1.82) is 0 Å². The Bertz CT molecular complexity index is 514. The van der Waals surface area contributed by atoms with E-state index >= 15 is 0 Å². The molecule has 0 N–H and O–H groups in total. The Kier molecular flexibility index (Phi) is 5.34. The fourth-order valence-electron chi connectivity index (χ4n) is 3.25. The van der Waals surface area contributed by atoms with E-state index < -0.39 is 0 Å². The van der Waals surface area contributed by atoms with E-state index in [2.05, 4.69) is 16.8 Å². The van der Waals surface area contributed by atoms with Crippen molar-refractivity contribution in [2.45, 2.75) is 59.0 Å². The summed E-state index contributed by atoms with van der Waals surface area (Å²) in [7, 11) is 1.71. The van der Waals surface area contributed by atoms with Crippen LogP contribution in [-0.4, -0.2) is 35.4 Å². The number of ether oxygens (including phenoxy) is 1. The van der Waals surface area contributed by atoms with Gasteiger partial charge in [-0.1, -0.05) is 6.42 Å². The number of aryl methyl sites for hydroxylation is 1. The highest BCUT2D eigenvalue weighted by Gasteiger charge is 2.25. The highest BCUT2D eigenvalue weighted by Crippen LogP contribution is 2.27. The number of Topliss-reactive ketones (excluding diaryl/α,β-unsaturated/α-hetero) is 1. The minimum atomic E-state index is 0.276. The molecule has 1 aromatic heterocycles. The van der Waals surface area contributed by atoms with Crippen molar-refractivity contribution in [2.75, 3.05) is 13.7 Å². The molecule has 1 atom stereocenters. The Morgan fingerprint density at radius 3 is 2.86 bits per heavy atom. The van der Waals surface area contributed by atoms with E-state index in [0.717, 1.165) is 42.1 Å². The number of carbonyl (C=O) groups excluding carboxylic acids is 1. The van der Waals surface area contributed by atoms with Crippen molar-refractivity contribution in [3.63, 3.8) is 0 Å². The minimum Gasteiger partial charge on any atom is -0.496 e. The predicted octanol–water partition coefficient (Wildman–Crippen LogP) is 3.04. The van der Waals surface area contributed by atoms with E-state index in [-0.39, 0.29) is 5.78 Å². The van der Waals surface area contributed by atoms with Gasteiger partial charge in [-0.3, -0.25) is 14.7 Å². The molecule has 4 heteroatoms. The number of pyridine rings is 1. The zero-order valence-electron chi connectivity index (χ0n) is 13.6. The van der Waals surface area contributed by atoms with Gasteiger partial charge >= 0.3 is 0 Å². The molecule has 2 rings (SSSR count). The lowest BCUT2D eigenvalue weighted by atomic mass is 9.97. The third-order valence-electron chi connectivity index (χ3n) is 4.37. The van der Waals surface area contributed by atoms with Gasteiger partial charge in [-0.25, -0.2) is 0 Å². The Hall–Kier alpha value is -1.42. The van der Waals surface area contributed by atoms with Crippen LogP contribution in [0.5, 0.6) is 5.75 Å². The molecule has 0 saturated carbocycles. The van der Waals surface area contributed by atoms with Crippen LogP contribution in [0.2, 0.25) is 0 Å². The summed E-state index contributed by atoms with van der Waals surface area (Å²) in [5.41, 5.74) is 3.25. The van der Waals surface area contributed by atoms with Gasteiger partial charge in [-0.15, -0.1) is 0 Å². The molecule has 1 fully saturated rings. The van der Waals surface area contributed by atoms with Crippen molar-refractivity contribution in [3.8, 4) is 5.75 Å². The smallest absolute Gasteiger partial charge is 0.131 e. The Morgan fingerprint density at radius 2 is 2.19 bits per heavy atom. The molecule has 0 spiro atoms. The lowest BCUT2D eigenvalue weighted by Crippen LogP contribution is -2.40. The van der Waals surface area contributed by atoms with Gasteiger partial charge in [-0.05, 0) is 40.2 Å². The minimum absolute atomic E-state index is 0.276. The van der Waals surface area contributed by atoms with E-state index in [1.54, 1.807) is 14.0 Å². The SMILES string of the molecule is COc1c(C)cnc(CN2CCCCC2CC(C)=O)c1C. The maximum absolute atomic E-state index is 11.5. The van der Waals surface area contributed by atoms with Gasteiger partial charge in [0.2, 0.25) is 0 Å². The van der Waals surface area contributed by atoms with Gasteiger partial charge in [-0.2, -0.15) is 0 Å². The first-order valence-electron chi connectivity index (χ1n) is 7.75. The standard InChI is InChI=1S/C17H26N2O2/c1-12-10-18-16(14(3)17(12)21-4)11-19-8-6-5-7-15(19)9-13(2)20/h10,15H,5-9,11H2,1-4H3. The van der Waals surface area contributed by atoms with Crippen LogP contribution >= 0.6 is 0 Å². The molecule has 1 saturated heterocycles. The summed E-state index contributed by atoms with van der Waals surface area (Å²) in [5.74, 6) is 1.21. The lowest BCUT2D eigenvalue weighted by Gasteiger charge is -2.35. The molecule has 4 nitrogen and oxygen atoms in total. The first-order chi connectivity index (χ1) is 10.0. The highest BCUT2D eigenvalue weighted by atomic mass is 16.5. The van der Waals surface area contributed by atoms with Crippen LogP contribution in [0.4, 0.5) is 0 Å². The van der Waals surface area contributed by atoms with Gasteiger partial charge in [0.1, 0.15) is 11.5 Å². The molecule has 2 heterocycles. The second kappa shape index (κ2) is 7.03. The average molecular weight is 290 g/mol. The molecule has 1 aliphatic heterocycles. The Labute approximate surface area is 127 Å². The molecular formula is C17H26N2O2. The second-order valence-corrected chi connectivity index (χ2v) is 6.07. The molecule has 1 aliphatic rings. The molecule has 21 heavy (non-hydrogen) atoms. The summed E-state index contributed by atoms with van der Waals surface area (Å²) >= 11 is 0. The van der Waals surface area contributed by atoms with Crippen LogP contribution in [0, 0.1) is 13.8 Å². The third kappa shape index (κ3) is 3.82. The molecule has 0 amide bonds. The number of piperidine rings is 1. The van der Waals surface area contributed by atoms with E-state index in [1.807, 2.05) is 13.1 Å². The van der Waals surface area contributed by atoms with E-state index in [1.165, 1.54) is 12.8 Å². The molecule has 0 bridgehead atoms. The molecule has 1 aromatic rings. The summed E-state index contributed by atoms with van der Waals surface area (Å²) in [4.78, 5) is 18.5. The van der Waals surface area contributed by atoms with Gasteiger partial charge < -0.3 is 4.74 Å². The van der Waals surface area contributed by atoms with Crippen LogP contribution < -0.4 is 4.74 Å². The average Bonchev–Trinajstić information content (AvgIpc) is 2.44. The fraction of sp³-hybridized carbons (Fsp3) is 0.647. The normalized spacial score (nSPS) is 19.5. The number of hydrogen-bond donors (Lipinski definition) is 0. The summed E-state index contributed by atoms with van der Waals surface area (Å²) in [6.07, 6.45) is 6.07. The zero-order valence-corrected chi connectivity index (χ0v) is 13.6. The fourth-order valence-corrected chi connectivity index (χ4v) is 3.25. The Morgan fingerprint density at radius 1 is 1.43 bits per heavy atom. The second-order valence-electron chi connectivity index (χ2n) is 6.07. The monoisotopic (exact) mass is 290 g/mol. The summed E-state index contributed by atoms with van der Waals surface area (Å²) in [5, 5.41) is 0. The predicted molar refractivity (Wildman–Crippen MR) is 83.6 cm³/mol. The largest absolute Gasteiger partial charge is 0.496 e. The highest BCUT2D eigenvalue weighted by molar-refractivity contribution is 5.76. The van der Waals surface area contributed by atoms with Crippen molar-refractivity contribution < 1.29 is 9.53 Å². The molecule has 1 unspecified atom stereocenters. The molecule has 0 aromatic carbocycles. The van der Waals surface area contributed by atoms with Gasteiger partial charge in [0.15, 0.2) is 0 Å². The van der Waals surface area contributed by atoms with E-state index in [0.29, 0.717) is 12.5 Å². The number of likely N-dealkylation sites (tertiary alicyclic amines) is 1. The number of rotatable bonds is 5. The van der Waals surface area contributed by atoms with Crippen LogP contribution in [0.25, 0.3) is 0 Å². The first kappa shape index (κ1) is 16.0. The number of carbonyl (C=O) groups is 1. The van der Waals surface area contributed by atoms with Crippen LogP contribution in [-0.2, 0) is 11.3 Å². The molecule has 0 aliphatic carbocycles. The van der Waals surface area contributed by atoms with Gasteiger partial charge in [0.05, 0.1) is 12.8 Å². The maximum Gasteiger partial charge on any atom is 0.131 e. The van der Waals surface area contributed by atoms with E-state index in [9.17, 15) is 4.79 Å². The van der Waals surface area contributed by atoms with Crippen LogP contribution in [0.15, 0.2) is 6.20 Å². The number of nitrogens with zero attached hydrogens (tertiary/aromatic N) is 2. The maximum atomic E-state index is 11.5. The number of methoxy groups -OCH3 is 1. The van der Waals surface area contributed by atoms with Crippen LogP contribution in [0.1, 0.15) is 49.4 Å². The molecular weight excluding hydrogens is 264 g/mol. The van der Waals surface area contributed by atoms with Crippen LogP contribution in [0.3, 0.4) is 0 Å². The quantitative estimate of drug-likeness (QED) is 0.836. The number of ketones is 1. The van der Waals surface area contributed by atoms with Crippen molar-refractivity contribution >= 4 is 5.78 Å². The van der Waals surface area contributed by atoms with Crippen molar-refractivity contribution in [2.24, 2.45) is 0 Å². The number of aromatic nitrogens is 1. The van der Waals surface area contributed by atoms with Crippen molar-refractivity contribution in [3.05, 3.63) is 23.0 Å². The Balaban J connectivity index is 2.17.